The number of fused-ring (bicyclic) bond motifs is 1. The zero-order chi connectivity index (χ0) is 17.9. The fraction of sp³-hybridized carbons (Fsp3) is 0.471. The summed E-state index contributed by atoms with van der Waals surface area (Å²) in [6, 6.07) is 7.95. The number of aromatic nitrogens is 5. The lowest BCUT2D eigenvalue weighted by Crippen LogP contribution is -2.47. The quantitative estimate of drug-likeness (QED) is 0.683. The molecule has 136 valence electrons. The Bertz CT molecular complexity index is 870. The van der Waals surface area contributed by atoms with E-state index in [1.165, 1.54) is 16.0 Å². The van der Waals surface area contributed by atoms with E-state index in [0.29, 0.717) is 5.65 Å². The van der Waals surface area contributed by atoms with Gasteiger partial charge in [0.1, 0.15) is 0 Å². The molecule has 0 saturated carbocycles. The number of tetrazole rings is 1. The predicted octanol–water partition coefficient (Wildman–Crippen LogP) is 2.10. The fourth-order valence-electron chi connectivity index (χ4n) is 3.45. The fourth-order valence-corrected chi connectivity index (χ4v) is 4.13. The molecule has 0 spiro atoms. The van der Waals surface area contributed by atoms with Crippen molar-refractivity contribution in [3.63, 3.8) is 0 Å². The molecule has 0 aliphatic carbocycles. The van der Waals surface area contributed by atoms with Crippen molar-refractivity contribution in [1.82, 2.24) is 30.2 Å². The van der Waals surface area contributed by atoms with Crippen LogP contribution in [0.5, 0.6) is 0 Å². The van der Waals surface area contributed by atoms with Gasteiger partial charge in [-0.2, -0.15) is 0 Å². The van der Waals surface area contributed by atoms with Gasteiger partial charge in [0.05, 0.1) is 4.88 Å². The second-order valence-corrected chi connectivity index (χ2v) is 7.36. The van der Waals surface area contributed by atoms with Gasteiger partial charge in [-0.15, -0.1) is 26.2 Å². The van der Waals surface area contributed by atoms with Crippen LogP contribution in [0.2, 0.25) is 0 Å². The maximum absolute atomic E-state index is 12.8. The Balaban J connectivity index is 1.44. The molecule has 0 N–H and O–H groups in total. The number of amides is 1. The Labute approximate surface area is 155 Å². The van der Waals surface area contributed by atoms with Crippen LogP contribution in [0.1, 0.15) is 35.9 Å². The Morgan fingerprint density at radius 3 is 2.88 bits per heavy atom. The molecular weight excluding hydrogens is 350 g/mol. The number of anilines is 1. The number of carbonyl (C=O) groups excluding carboxylic acids is 1. The van der Waals surface area contributed by atoms with Crippen LogP contribution in [-0.2, 0) is 0 Å². The highest BCUT2D eigenvalue weighted by molar-refractivity contribution is 7.12. The molecular formula is C17H21N7OS. The SMILES string of the molecule is CCCN(C(=O)c1cccs1)C1CCN(c2ccc3nnnn3n2)CC1. The van der Waals surface area contributed by atoms with E-state index in [9.17, 15) is 4.79 Å². The molecule has 1 aliphatic heterocycles. The van der Waals surface area contributed by atoms with Gasteiger partial charge < -0.3 is 9.80 Å². The van der Waals surface area contributed by atoms with E-state index >= 15 is 0 Å². The molecule has 8 nitrogen and oxygen atoms in total. The Morgan fingerprint density at radius 2 is 2.15 bits per heavy atom. The third kappa shape index (κ3) is 3.26. The maximum atomic E-state index is 12.8. The number of carbonyl (C=O) groups is 1. The second kappa shape index (κ2) is 7.36. The van der Waals surface area contributed by atoms with Gasteiger partial charge in [0, 0.05) is 25.7 Å². The summed E-state index contributed by atoms with van der Waals surface area (Å²) in [5.41, 5.74) is 0.638. The van der Waals surface area contributed by atoms with Gasteiger partial charge in [0.15, 0.2) is 11.5 Å². The zero-order valence-corrected chi connectivity index (χ0v) is 15.5. The molecule has 1 amide bonds. The van der Waals surface area contributed by atoms with Crippen molar-refractivity contribution in [3.8, 4) is 0 Å². The average molecular weight is 371 g/mol. The lowest BCUT2D eigenvalue weighted by molar-refractivity contribution is 0.0655. The molecule has 0 unspecified atom stereocenters. The van der Waals surface area contributed by atoms with Crippen molar-refractivity contribution in [3.05, 3.63) is 34.5 Å². The predicted molar refractivity (Wildman–Crippen MR) is 99.5 cm³/mol. The normalized spacial score (nSPS) is 15.5. The molecule has 4 rings (SSSR count). The molecule has 1 saturated heterocycles. The minimum atomic E-state index is 0.161. The number of rotatable bonds is 5. The van der Waals surface area contributed by atoms with Crippen LogP contribution in [0.4, 0.5) is 5.82 Å². The van der Waals surface area contributed by atoms with E-state index in [4.69, 9.17) is 0 Å². The van der Waals surface area contributed by atoms with Crippen molar-refractivity contribution in [1.29, 1.82) is 0 Å². The van der Waals surface area contributed by atoms with E-state index in [2.05, 4.69) is 37.3 Å². The summed E-state index contributed by atoms with van der Waals surface area (Å²) < 4.78 is 1.45. The van der Waals surface area contributed by atoms with Crippen LogP contribution < -0.4 is 4.90 Å². The molecule has 26 heavy (non-hydrogen) atoms. The number of thiophene rings is 1. The third-order valence-corrected chi connectivity index (χ3v) is 5.60. The van der Waals surface area contributed by atoms with Crippen molar-refractivity contribution in [2.45, 2.75) is 32.2 Å². The number of hydrogen-bond acceptors (Lipinski definition) is 7. The Hall–Kier alpha value is -2.55. The summed E-state index contributed by atoms with van der Waals surface area (Å²) in [6.07, 6.45) is 2.84. The first-order valence-electron chi connectivity index (χ1n) is 8.91. The molecule has 0 aromatic carbocycles. The molecule has 1 aliphatic rings. The van der Waals surface area contributed by atoms with Crippen LogP contribution in [0.15, 0.2) is 29.6 Å². The third-order valence-electron chi connectivity index (χ3n) is 4.74. The minimum absolute atomic E-state index is 0.161. The smallest absolute Gasteiger partial charge is 0.264 e. The summed E-state index contributed by atoms with van der Waals surface area (Å²) in [5.74, 6) is 1.03. The first-order valence-corrected chi connectivity index (χ1v) is 9.79. The van der Waals surface area contributed by atoms with Crippen LogP contribution in [-0.4, -0.2) is 61.7 Å². The standard InChI is InChI=1S/C17H21N7OS/c1-2-9-23(17(25)14-4-3-12-26-14)13-7-10-22(11-8-13)16-6-5-15-18-20-21-24(15)19-16/h3-6,12-13H,2,7-11H2,1H3. The molecule has 0 atom stereocenters. The highest BCUT2D eigenvalue weighted by Crippen LogP contribution is 2.24. The first kappa shape index (κ1) is 16.9. The van der Waals surface area contributed by atoms with Crippen LogP contribution in [0, 0.1) is 0 Å². The highest BCUT2D eigenvalue weighted by atomic mass is 32.1. The van der Waals surface area contributed by atoms with E-state index in [-0.39, 0.29) is 11.9 Å². The van der Waals surface area contributed by atoms with E-state index in [1.54, 1.807) is 0 Å². The van der Waals surface area contributed by atoms with E-state index < -0.39 is 0 Å². The minimum Gasteiger partial charge on any atom is -0.355 e. The number of hydrogen-bond donors (Lipinski definition) is 0. The number of piperidine rings is 1. The zero-order valence-electron chi connectivity index (χ0n) is 14.7. The van der Waals surface area contributed by atoms with Gasteiger partial charge in [0.25, 0.3) is 5.91 Å². The first-order chi connectivity index (χ1) is 12.8. The van der Waals surface area contributed by atoms with Gasteiger partial charge in [-0.1, -0.05) is 13.0 Å². The highest BCUT2D eigenvalue weighted by Gasteiger charge is 2.29. The van der Waals surface area contributed by atoms with Crippen LogP contribution in [0.3, 0.4) is 0 Å². The lowest BCUT2D eigenvalue weighted by atomic mass is 10.0. The molecule has 3 aromatic rings. The van der Waals surface area contributed by atoms with Crippen molar-refractivity contribution >= 4 is 28.7 Å². The van der Waals surface area contributed by atoms with Gasteiger partial charge in [-0.3, -0.25) is 4.79 Å². The Morgan fingerprint density at radius 1 is 1.31 bits per heavy atom. The summed E-state index contributed by atoms with van der Waals surface area (Å²) in [5, 5.41) is 17.8. The lowest BCUT2D eigenvalue weighted by Gasteiger charge is -2.38. The van der Waals surface area contributed by atoms with Gasteiger partial charge in [0.2, 0.25) is 0 Å². The van der Waals surface area contributed by atoms with Crippen molar-refractivity contribution < 1.29 is 4.79 Å². The van der Waals surface area contributed by atoms with Gasteiger partial charge in [-0.05, 0) is 53.3 Å². The monoisotopic (exact) mass is 371 g/mol. The molecule has 9 heteroatoms. The van der Waals surface area contributed by atoms with Crippen molar-refractivity contribution in [2.75, 3.05) is 24.5 Å². The molecule has 4 heterocycles. The van der Waals surface area contributed by atoms with Crippen LogP contribution >= 0.6 is 11.3 Å². The van der Waals surface area contributed by atoms with E-state index in [1.807, 2.05) is 29.6 Å². The molecule has 3 aromatic heterocycles. The molecule has 0 bridgehead atoms. The summed E-state index contributed by atoms with van der Waals surface area (Å²) in [6.45, 7) is 4.65. The van der Waals surface area contributed by atoms with E-state index in [0.717, 1.165) is 49.6 Å². The Kier molecular flexibility index (Phi) is 4.79. The summed E-state index contributed by atoms with van der Waals surface area (Å²) in [4.78, 5) is 18.0. The number of nitrogens with zero attached hydrogens (tertiary/aromatic N) is 7. The van der Waals surface area contributed by atoms with Crippen LogP contribution in [0.25, 0.3) is 5.65 Å². The summed E-state index contributed by atoms with van der Waals surface area (Å²) in [7, 11) is 0. The molecule has 0 radical (unpaired) electrons. The largest absolute Gasteiger partial charge is 0.355 e. The topological polar surface area (TPSA) is 79.5 Å². The maximum Gasteiger partial charge on any atom is 0.264 e. The van der Waals surface area contributed by atoms with Gasteiger partial charge >= 0.3 is 0 Å². The second-order valence-electron chi connectivity index (χ2n) is 6.41. The molecule has 1 fully saturated rings. The average Bonchev–Trinajstić information content (AvgIpc) is 3.36. The van der Waals surface area contributed by atoms with Gasteiger partial charge in [-0.25, -0.2) is 0 Å². The van der Waals surface area contributed by atoms with Crippen molar-refractivity contribution in [2.24, 2.45) is 0 Å². The summed E-state index contributed by atoms with van der Waals surface area (Å²) >= 11 is 1.52.